The molecule has 8 rings (SSSR count). The van der Waals surface area contributed by atoms with Crippen LogP contribution in [0.1, 0.15) is 51.8 Å². The highest BCUT2D eigenvalue weighted by atomic mass is 32.2. The van der Waals surface area contributed by atoms with E-state index in [0.29, 0.717) is 45.5 Å². The smallest absolute Gasteiger partial charge is 0.167 e. The number of anilines is 2. The molecule has 4 saturated heterocycles. The number of aliphatic hydroxyl groups excluding tert-OH is 2. The maximum Gasteiger partial charge on any atom is 0.167 e. The van der Waals surface area contributed by atoms with E-state index in [1.54, 1.807) is 16.3 Å². The lowest BCUT2D eigenvalue weighted by Crippen LogP contribution is -2.31. The van der Waals surface area contributed by atoms with Crippen LogP contribution < -0.4 is 11.5 Å². The number of aliphatic hydroxyl groups is 2. The lowest BCUT2D eigenvalue weighted by molar-refractivity contribution is -0.199. The Morgan fingerprint density at radius 3 is 1.77 bits per heavy atom. The molecule has 4 fully saturated rings. The van der Waals surface area contributed by atoms with Crippen LogP contribution in [0.25, 0.3) is 22.3 Å². The van der Waals surface area contributed by atoms with E-state index in [1.165, 1.54) is 12.7 Å². The summed E-state index contributed by atoms with van der Waals surface area (Å²) >= 11 is 1.56. The number of rotatable bonds is 8. The van der Waals surface area contributed by atoms with E-state index in [2.05, 4.69) is 24.9 Å². The monoisotopic (exact) mass is 672 g/mol. The van der Waals surface area contributed by atoms with E-state index < -0.39 is 60.7 Å². The molecule has 6 N–H and O–H groups in total. The summed E-state index contributed by atoms with van der Waals surface area (Å²) in [5, 5.41) is 20.3. The van der Waals surface area contributed by atoms with Crippen molar-refractivity contribution in [2.24, 2.45) is 0 Å². The minimum Gasteiger partial charge on any atom is -0.394 e. The van der Waals surface area contributed by atoms with E-state index in [-0.39, 0.29) is 24.8 Å². The summed E-state index contributed by atoms with van der Waals surface area (Å²) in [5.74, 6) is 0.546. The summed E-state index contributed by atoms with van der Waals surface area (Å²) in [7, 11) is 0. The van der Waals surface area contributed by atoms with E-state index in [4.69, 9.17) is 44.9 Å². The molecule has 4 aliphatic heterocycles. The number of aromatic nitrogens is 8. The zero-order valence-electron chi connectivity index (χ0n) is 26.1. The number of imidazole rings is 2. The average Bonchev–Trinajstić information content (AvgIpc) is 3.84. The maximum atomic E-state index is 10.2. The van der Waals surface area contributed by atoms with Crippen molar-refractivity contribution in [1.29, 1.82) is 0 Å². The lowest BCUT2D eigenvalue weighted by atomic mass is 10.1. The van der Waals surface area contributed by atoms with Gasteiger partial charge in [-0.2, -0.15) is 11.8 Å². The Hall–Kier alpha value is -3.27. The minimum absolute atomic E-state index is 0.197. The summed E-state index contributed by atoms with van der Waals surface area (Å²) in [6.45, 7) is 6.75. The maximum absolute atomic E-state index is 10.2. The van der Waals surface area contributed by atoms with Crippen molar-refractivity contribution in [2.45, 2.75) is 101 Å². The van der Waals surface area contributed by atoms with Gasteiger partial charge < -0.3 is 50.1 Å². The SMILES string of the molecule is CC1(C)O[C@@H]2[C@H](O1)[C@@H](CO)O[C@H]2n1c(CSC[C@H]2O[C@@H](n3c(CO)nc4c(N)ncnc43)[C@@H]3OC(C)(C)O[C@@H]32)nc2c(N)ncnc21. The fourth-order valence-electron chi connectivity index (χ4n) is 6.97. The lowest BCUT2D eigenvalue weighted by Gasteiger charge is -2.26. The zero-order valence-corrected chi connectivity index (χ0v) is 26.9. The Balaban J connectivity index is 1.08. The summed E-state index contributed by atoms with van der Waals surface area (Å²) in [4.78, 5) is 26.3. The molecule has 0 bridgehead atoms. The van der Waals surface area contributed by atoms with Crippen LogP contribution in [0.15, 0.2) is 12.7 Å². The van der Waals surface area contributed by atoms with Gasteiger partial charge in [-0.25, -0.2) is 29.9 Å². The van der Waals surface area contributed by atoms with Crippen molar-refractivity contribution < 1.29 is 38.6 Å². The van der Waals surface area contributed by atoms with Crippen LogP contribution in [0.5, 0.6) is 0 Å². The van der Waals surface area contributed by atoms with Crippen LogP contribution in [-0.4, -0.2) is 110 Å². The molecule has 4 aliphatic rings. The first kappa shape index (κ1) is 31.0. The Labute approximate surface area is 272 Å². The van der Waals surface area contributed by atoms with Crippen molar-refractivity contribution >= 4 is 45.7 Å². The number of nitrogens with two attached hydrogens (primary N) is 2. The van der Waals surface area contributed by atoms with E-state index in [1.807, 2.05) is 32.3 Å². The Morgan fingerprint density at radius 2 is 1.21 bits per heavy atom. The minimum atomic E-state index is -0.870. The summed E-state index contributed by atoms with van der Waals surface area (Å²) < 4.78 is 41.5. The first-order valence-electron chi connectivity index (χ1n) is 15.2. The van der Waals surface area contributed by atoms with Gasteiger partial charge in [0.05, 0.1) is 18.5 Å². The Morgan fingerprint density at radius 1 is 0.723 bits per heavy atom. The molecule has 4 aromatic heterocycles. The van der Waals surface area contributed by atoms with Gasteiger partial charge in [0.1, 0.15) is 61.4 Å². The number of hydrogen-bond acceptors (Lipinski definition) is 17. The van der Waals surface area contributed by atoms with Crippen LogP contribution in [0.4, 0.5) is 11.6 Å². The largest absolute Gasteiger partial charge is 0.394 e. The molecular formula is C28H36N10O8S. The van der Waals surface area contributed by atoms with Crippen LogP contribution in [0, 0.1) is 0 Å². The van der Waals surface area contributed by atoms with Crippen molar-refractivity contribution in [3.05, 3.63) is 24.3 Å². The third-order valence-corrected chi connectivity index (χ3v) is 9.78. The van der Waals surface area contributed by atoms with Gasteiger partial charge in [-0.05, 0) is 27.7 Å². The number of hydrogen-bond donors (Lipinski definition) is 4. The predicted molar refractivity (Wildman–Crippen MR) is 164 cm³/mol. The highest BCUT2D eigenvalue weighted by Crippen LogP contribution is 2.47. The van der Waals surface area contributed by atoms with Crippen LogP contribution >= 0.6 is 11.8 Å². The van der Waals surface area contributed by atoms with Gasteiger partial charge in [-0.15, -0.1) is 0 Å². The Bertz CT molecular complexity index is 1840. The van der Waals surface area contributed by atoms with Gasteiger partial charge in [-0.1, -0.05) is 0 Å². The first-order valence-corrected chi connectivity index (χ1v) is 16.4. The van der Waals surface area contributed by atoms with Gasteiger partial charge in [0.15, 0.2) is 58.0 Å². The van der Waals surface area contributed by atoms with Crippen LogP contribution in [0.3, 0.4) is 0 Å². The molecule has 0 aromatic carbocycles. The van der Waals surface area contributed by atoms with E-state index in [0.717, 1.165) is 0 Å². The molecular weight excluding hydrogens is 636 g/mol. The number of nitrogen functional groups attached to an aromatic ring is 2. The third-order valence-electron chi connectivity index (χ3n) is 8.75. The molecule has 19 heteroatoms. The number of fused-ring (bicyclic) bond motifs is 4. The second kappa shape index (κ2) is 11.1. The van der Waals surface area contributed by atoms with Crippen LogP contribution in [0.2, 0.25) is 0 Å². The van der Waals surface area contributed by atoms with Crippen molar-refractivity contribution in [3.8, 4) is 0 Å². The van der Waals surface area contributed by atoms with Gasteiger partial charge in [0.25, 0.3) is 0 Å². The molecule has 0 amide bonds. The van der Waals surface area contributed by atoms with Crippen molar-refractivity contribution in [3.63, 3.8) is 0 Å². The van der Waals surface area contributed by atoms with Gasteiger partial charge in [0.2, 0.25) is 0 Å². The first-order chi connectivity index (χ1) is 22.5. The normalized spacial score (nSPS) is 32.5. The predicted octanol–water partition coefficient (Wildman–Crippen LogP) is 0.383. The zero-order chi connectivity index (χ0) is 32.8. The molecule has 18 nitrogen and oxygen atoms in total. The fourth-order valence-corrected chi connectivity index (χ4v) is 7.98. The molecule has 47 heavy (non-hydrogen) atoms. The van der Waals surface area contributed by atoms with Crippen molar-refractivity contribution in [2.75, 3.05) is 23.8 Å². The summed E-state index contributed by atoms with van der Waals surface area (Å²) in [5.41, 5.74) is 14.0. The number of ether oxygens (including phenoxy) is 6. The molecule has 0 saturated carbocycles. The standard InChI is InChI=1S/C28H36N10O8S/c1-27(2)43-17-11(5-39)41-26(19(17)45-27)38-14(36-16-22(30)32-10-34-24(16)38)8-47-7-12-18-20(46-28(3,4)44-18)25(42-12)37-13(6-40)35-15-21(29)31-9-33-23(15)37/h9-12,17-20,25-26,39-40H,5-8H2,1-4H3,(H2,29,31,33)(H2,30,32,34)/t11-,12-,17-,18-,19-,20-,25-,26-/m1/s1. The molecule has 8 atom stereocenters. The average molecular weight is 673 g/mol. The summed E-state index contributed by atoms with van der Waals surface area (Å²) in [6, 6.07) is 0. The van der Waals surface area contributed by atoms with Gasteiger partial charge in [0, 0.05) is 5.75 Å². The second-order valence-electron chi connectivity index (χ2n) is 12.8. The molecule has 8 heterocycles. The van der Waals surface area contributed by atoms with Gasteiger partial charge in [-0.3, -0.25) is 9.13 Å². The second-order valence-corrected chi connectivity index (χ2v) is 13.8. The molecule has 0 radical (unpaired) electrons. The number of thioether (sulfide) groups is 1. The summed E-state index contributed by atoms with van der Waals surface area (Å²) in [6.07, 6.45) is -1.62. The van der Waals surface area contributed by atoms with Crippen molar-refractivity contribution in [1.82, 2.24) is 39.0 Å². The molecule has 4 aromatic rings. The molecule has 0 spiro atoms. The highest BCUT2D eigenvalue weighted by Gasteiger charge is 2.58. The number of nitrogens with zero attached hydrogens (tertiary/aromatic N) is 8. The van der Waals surface area contributed by atoms with Gasteiger partial charge >= 0.3 is 0 Å². The van der Waals surface area contributed by atoms with E-state index >= 15 is 0 Å². The van der Waals surface area contributed by atoms with Crippen LogP contribution in [-0.2, 0) is 40.8 Å². The quantitative estimate of drug-likeness (QED) is 0.198. The molecule has 252 valence electrons. The molecule has 0 aliphatic carbocycles. The third kappa shape index (κ3) is 5.03. The topological polar surface area (TPSA) is 235 Å². The highest BCUT2D eigenvalue weighted by molar-refractivity contribution is 7.98. The van der Waals surface area contributed by atoms with E-state index in [9.17, 15) is 10.2 Å². The fraction of sp³-hybridized carbons (Fsp3) is 0.643. The Kier molecular flexibility index (Phi) is 7.35. The molecule has 0 unspecified atom stereocenters.